The molecule has 4 rings (SSSR count). The molecule has 1 aliphatic rings. The number of aromatic amines is 1. The first-order valence-electron chi connectivity index (χ1n) is 8.90. The lowest BCUT2D eigenvalue weighted by atomic mass is 9.69. The van der Waals surface area contributed by atoms with Crippen LogP contribution in [0.4, 0.5) is 0 Å². The zero-order valence-electron chi connectivity index (χ0n) is 15.8. The standard InChI is InChI=1S/C20H23N3O2S/c1-11-21-13-10-12(17(24)25)6-7-14(13)23(11)18-22-15-16(26-18)20(4,5)9-8-19(15,2)3/h6-7,10H,8-9H2,1-5H3,(H,24,25)/p+1. The molecule has 0 saturated carbocycles. The van der Waals surface area contributed by atoms with Gasteiger partial charge in [0.15, 0.2) is 0 Å². The Labute approximate surface area is 156 Å². The summed E-state index contributed by atoms with van der Waals surface area (Å²) in [5.74, 6) is 0.0307. The Morgan fingerprint density at radius 2 is 1.92 bits per heavy atom. The lowest BCUT2D eigenvalue weighted by Crippen LogP contribution is -2.34. The maximum atomic E-state index is 11.3. The average molecular weight is 370 g/mol. The second-order valence-corrected chi connectivity index (χ2v) is 9.50. The normalized spacial score (nSPS) is 18.0. The van der Waals surface area contributed by atoms with E-state index in [1.165, 1.54) is 10.6 Å². The number of carboxylic acids is 1. The average Bonchev–Trinajstić information content (AvgIpc) is 3.12. The Morgan fingerprint density at radius 3 is 2.58 bits per heavy atom. The molecule has 2 aromatic heterocycles. The molecule has 26 heavy (non-hydrogen) atoms. The molecule has 0 amide bonds. The van der Waals surface area contributed by atoms with E-state index in [4.69, 9.17) is 4.98 Å². The number of nitrogens with zero attached hydrogens (tertiary/aromatic N) is 2. The molecule has 6 heteroatoms. The number of thiazole rings is 1. The minimum Gasteiger partial charge on any atom is -0.478 e. The van der Waals surface area contributed by atoms with Crippen LogP contribution in [-0.4, -0.2) is 21.0 Å². The highest BCUT2D eigenvalue weighted by Crippen LogP contribution is 2.48. The second kappa shape index (κ2) is 5.39. The van der Waals surface area contributed by atoms with Crippen molar-refractivity contribution in [2.24, 2.45) is 0 Å². The van der Waals surface area contributed by atoms with Gasteiger partial charge in [-0.25, -0.2) is 4.79 Å². The highest BCUT2D eigenvalue weighted by Gasteiger charge is 2.43. The van der Waals surface area contributed by atoms with Gasteiger partial charge in [-0.05, 0) is 31.0 Å². The highest BCUT2D eigenvalue weighted by molar-refractivity contribution is 7.13. The molecule has 2 heterocycles. The summed E-state index contributed by atoms with van der Waals surface area (Å²) < 4.78 is 2.11. The molecule has 0 aliphatic heterocycles. The number of rotatable bonds is 2. The quantitative estimate of drug-likeness (QED) is 0.662. The van der Waals surface area contributed by atoms with Crippen molar-refractivity contribution < 1.29 is 14.5 Å². The van der Waals surface area contributed by atoms with Crippen molar-refractivity contribution in [1.29, 1.82) is 0 Å². The Bertz CT molecular complexity index is 1010. The molecular formula is C20H24N3O2S+. The summed E-state index contributed by atoms with van der Waals surface area (Å²) in [5, 5.41) is 10.2. The number of imidazole rings is 1. The number of carboxylic acid groups (broad SMARTS) is 1. The molecule has 1 aliphatic carbocycles. The van der Waals surface area contributed by atoms with Crippen molar-refractivity contribution in [3.8, 4) is 5.13 Å². The third-order valence-electron chi connectivity index (χ3n) is 5.57. The van der Waals surface area contributed by atoms with E-state index < -0.39 is 5.97 Å². The third kappa shape index (κ3) is 2.47. The number of fused-ring (bicyclic) bond motifs is 2. The zero-order chi connectivity index (χ0) is 18.9. The van der Waals surface area contributed by atoms with Crippen LogP contribution >= 0.6 is 11.3 Å². The van der Waals surface area contributed by atoms with Gasteiger partial charge in [0.1, 0.15) is 16.7 Å². The molecule has 136 valence electrons. The molecule has 0 radical (unpaired) electrons. The number of aromatic nitrogens is 3. The number of hydrogen-bond acceptors (Lipinski definition) is 3. The van der Waals surface area contributed by atoms with E-state index >= 15 is 0 Å². The van der Waals surface area contributed by atoms with Crippen LogP contribution in [0.1, 0.15) is 67.3 Å². The van der Waals surface area contributed by atoms with Crippen LogP contribution < -0.4 is 4.57 Å². The molecule has 3 aromatic rings. The Morgan fingerprint density at radius 1 is 1.23 bits per heavy atom. The first-order chi connectivity index (χ1) is 12.1. The van der Waals surface area contributed by atoms with Crippen LogP contribution in [0, 0.1) is 6.92 Å². The predicted octanol–water partition coefficient (Wildman–Crippen LogP) is 4.26. The van der Waals surface area contributed by atoms with Crippen LogP contribution in [0.2, 0.25) is 0 Å². The van der Waals surface area contributed by atoms with Crippen molar-refractivity contribution in [1.82, 2.24) is 9.97 Å². The Hall–Kier alpha value is -2.21. The van der Waals surface area contributed by atoms with Gasteiger partial charge in [-0.2, -0.15) is 4.57 Å². The Balaban J connectivity index is 1.93. The summed E-state index contributed by atoms with van der Waals surface area (Å²) in [7, 11) is 0. The first kappa shape index (κ1) is 17.2. The van der Waals surface area contributed by atoms with Gasteiger partial charge in [-0.15, -0.1) is 0 Å². The summed E-state index contributed by atoms with van der Waals surface area (Å²) in [6.07, 6.45) is 2.30. The molecule has 0 spiro atoms. The molecule has 1 aromatic carbocycles. The maximum Gasteiger partial charge on any atom is 0.335 e. The van der Waals surface area contributed by atoms with Crippen molar-refractivity contribution in [2.45, 2.75) is 58.3 Å². The van der Waals surface area contributed by atoms with Crippen molar-refractivity contribution in [2.75, 3.05) is 0 Å². The number of aromatic carboxylic acids is 1. The van der Waals surface area contributed by atoms with E-state index in [0.717, 1.165) is 34.8 Å². The number of hydrogen-bond donors (Lipinski definition) is 2. The fourth-order valence-electron chi connectivity index (χ4n) is 3.82. The minimum absolute atomic E-state index is 0.0800. The SMILES string of the molecule is Cc1[nH]c2cc(C(=O)O)ccc2[n+]1-c1nc2c(s1)C(C)(C)CCC2(C)C. The molecule has 0 bridgehead atoms. The van der Waals surface area contributed by atoms with Crippen LogP contribution in [0.3, 0.4) is 0 Å². The number of aryl methyl sites for hydroxylation is 1. The molecule has 0 saturated heterocycles. The summed E-state index contributed by atoms with van der Waals surface area (Å²) in [4.78, 5) is 21.0. The Kier molecular flexibility index (Phi) is 3.57. The third-order valence-corrected chi connectivity index (χ3v) is 6.98. The summed E-state index contributed by atoms with van der Waals surface area (Å²) in [5.41, 5.74) is 3.47. The highest BCUT2D eigenvalue weighted by atomic mass is 32.1. The summed E-state index contributed by atoms with van der Waals surface area (Å²) in [6.45, 7) is 11.1. The van der Waals surface area contributed by atoms with Crippen LogP contribution in [0.5, 0.6) is 0 Å². The van der Waals surface area contributed by atoms with Crippen LogP contribution in [0.25, 0.3) is 16.2 Å². The fourth-order valence-corrected chi connectivity index (χ4v) is 5.26. The van der Waals surface area contributed by atoms with Crippen molar-refractivity contribution in [3.05, 3.63) is 40.2 Å². The number of benzene rings is 1. The monoisotopic (exact) mass is 370 g/mol. The number of nitrogens with one attached hydrogen (secondary N) is 1. The van der Waals surface area contributed by atoms with E-state index in [9.17, 15) is 9.90 Å². The van der Waals surface area contributed by atoms with Gasteiger partial charge in [-0.3, -0.25) is 4.98 Å². The molecule has 0 atom stereocenters. The molecular weight excluding hydrogens is 346 g/mol. The predicted molar refractivity (Wildman–Crippen MR) is 102 cm³/mol. The molecule has 2 N–H and O–H groups in total. The lowest BCUT2D eigenvalue weighted by Gasteiger charge is -2.36. The minimum atomic E-state index is -0.918. The second-order valence-electron chi connectivity index (χ2n) is 8.52. The van der Waals surface area contributed by atoms with Gasteiger partial charge in [0.2, 0.25) is 5.82 Å². The van der Waals surface area contributed by atoms with Gasteiger partial charge in [0.25, 0.3) is 0 Å². The largest absolute Gasteiger partial charge is 0.478 e. The van der Waals surface area contributed by atoms with E-state index in [0.29, 0.717) is 0 Å². The van der Waals surface area contributed by atoms with Crippen molar-refractivity contribution in [3.63, 3.8) is 0 Å². The number of carbonyl (C=O) groups is 1. The smallest absolute Gasteiger partial charge is 0.335 e. The molecule has 5 nitrogen and oxygen atoms in total. The van der Waals surface area contributed by atoms with Gasteiger partial charge in [0.05, 0.1) is 10.4 Å². The lowest BCUT2D eigenvalue weighted by molar-refractivity contribution is -0.574. The van der Waals surface area contributed by atoms with Gasteiger partial charge in [0, 0.05) is 17.8 Å². The van der Waals surface area contributed by atoms with Crippen molar-refractivity contribution >= 4 is 28.3 Å². The summed E-state index contributed by atoms with van der Waals surface area (Å²) in [6, 6.07) is 5.19. The van der Waals surface area contributed by atoms with E-state index in [1.54, 1.807) is 23.5 Å². The van der Waals surface area contributed by atoms with E-state index in [1.807, 2.05) is 13.0 Å². The molecule has 0 unspecified atom stereocenters. The fraction of sp³-hybridized carbons (Fsp3) is 0.450. The first-order valence-corrected chi connectivity index (χ1v) is 9.72. The van der Waals surface area contributed by atoms with Gasteiger partial charge < -0.3 is 5.11 Å². The van der Waals surface area contributed by atoms with Gasteiger partial charge >= 0.3 is 11.1 Å². The molecule has 0 fully saturated rings. The van der Waals surface area contributed by atoms with Gasteiger partial charge in [-0.1, -0.05) is 44.0 Å². The van der Waals surface area contributed by atoms with Crippen LogP contribution in [0.15, 0.2) is 18.2 Å². The van der Waals surface area contributed by atoms with E-state index in [-0.39, 0.29) is 16.4 Å². The van der Waals surface area contributed by atoms with Crippen LogP contribution in [-0.2, 0) is 10.8 Å². The summed E-state index contributed by atoms with van der Waals surface area (Å²) >= 11 is 1.76. The maximum absolute atomic E-state index is 11.3. The zero-order valence-corrected chi connectivity index (χ0v) is 16.6. The van der Waals surface area contributed by atoms with E-state index in [2.05, 4.69) is 37.2 Å². The number of H-pyrrole nitrogens is 1. The topological polar surface area (TPSA) is 69.9 Å².